The number of pyridine rings is 1. The molecule has 1 aromatic heterocycles. The standard InChI is InChI=1S/C12H10ClN3S/c13-9-3-1-4-10(7-9)16(12(14)17)11-5-2-6-15-8-11/h1-8H,(H2,14,17). The molecule has 1 aromatic carbocycles. The van der Waals surface area contributed by atoms with Gasteiger partial charge in [0.2, 0.25) is 0 Å². The van der Waals surface area contributed by atoms with E-state index >= 15 is 0 Å². The first kappa shape index (κ1) is 11.8. The second-order valence-corrected chi connectivity index (χ2v) is 4.22. The van der Waals surface area contributed by atoms with Crippen molar-refractivity contribution in [3.05, 3.63) is 53.8 Å². The van der Waals surface area contributed by atoms with E-state index in [0.717, 1.165) is 11.4 Å². The second-order valence-electron chi connectivity index (χ2n) is 3.36. The molecule has 0 radical (unpaired) electrons. The van der Waals surface area contributed by atoms with Crippen molar-refractivity contribution in [2.45, 2.75) is 0 Å². The fourth-order valence-corrected chi connectivity index (χ4v) is 1.90. The second kappa shape index (κ2) is 5.12. The Morgan fingerprint density at radius 2 is 2.00 bits per heavy atom. The highest BCUT2D eigenvalue weighted by Crippen LogP contribution is 2.26. The predicted molar refractivity (Wildman–Crippen MR) is 74.6 cm³/mol. The van der Waals surface area contributed by atoms with Gasteiger partial charge in [-0.1, -0.05) is 17.7 Å². The van der Waals surface area contributed by atoms with Gasteiger partial charge in [0, 0.05) is 16.9 Å². The van der Waals surface area contributed by atoms with Crippen LogP contribution in [0.15, 0.2) is 48.8 Å². The van der Waals surface area contributed by atoms with Gasteiger partial charge in [0.1, 0.15) is 0 Å². The third-order valence-electron chi connectivity index (χ3n) is 2.19. The zero-order valence-corrected chi connectivity index (χ0v) is 10.4. The van der Waals surface area contributed by atoms with Gasteiger partial charge >= 0.3 is 0 Å². The molecule has 0 atom stereocenters. The number of nitrogens with two attached hydrogens (primary N) is 1. The number of nitrogens with zero attached hydrogens (tertiary/aromatic N) is 2. The average Bonchev–Trinajstić information content (AvgIpc) is 2.30. The van der Waals surface area contributed by atoms with E-state index in [4.69, 9.17) is 29.6 Å². The number of rotatable bonds is 2. The van der Waals surface area contributed by atoms with E-state index in [1.807, 2.05) is 24.3 Å². The van der Waals surface area contributed by atoms with Gasteiger partial charge in [-0.15, -0.1) is 0 Å². The first-order valence-electron chi connectivity index (χ1n) is 4.93. The molecule has 0 saturated carbocycles. The zero-order valence-electron chi connectivity index (χ0n) is 8.88. The summed E-state index contributed by atoms with van der Waals surface area (Å²) in [4.78, 5) is 5.76. The van der Waals surface area contributed by atoms with Gasteiger partial charge < -0.3 is 5.73 Å². The van der Waals surface area contributed by atoms with E-state index in [1.165, 1.54) is 0 Å². The fraction of sp³-hybridized carbons (Fsp3) is 0. The summed E-state index contributed by atoms with van der Waals surface area (Å²) < 4.78 is 0. The smallest absolute Gasteiger partial charge is 0.175 e. The van der Waals surface area contributed by atoms with Crippen LogP contribution < -0.4 is 10.6 Å². The molecule has 5 heteroatoms. The van der Waals surface area contributed by atoms with Crippen LogP contribution in [0.3, 0.4) is 0 Å². The third-order valence-corrected chi connectivity index (χ3v) is 2.61. The van der Waals surface area contributed by atoms with E-state index in [9.17, 15) is 0 Å². The summed E-state index contributed by atoms with van der Waals surface area (Å²) in [5.74, 6) is 0. The number of thiocarbonyl (C=S) groups is 1. The summed E-state index contributed by atoms with van der Waals surface area (Å²) in [7, 11) is 0. The lowest BCUT2D eigenvalue weighted by Crippen LogP contribution is -2.31. The molecule has 0 spiro atoms. The van der Waals surface area contributed by atoms with E-state index < -0.39 is 0 Å². The van der Waals surface area contributed by atoms with Gasteiger partial charge in [0.15, 0.2) is 5.11 Å². The van der Waals surface area contributed by atoms with Gasteiger partial charge in [-0.25, -0.2) is 0 Å². The van der Waals surface area contributed by atoms with Crippen LogP contribution in [0, 0.1) is 0 Å². The van der Waals surface area contributed by atoms with E-state index in [2.05, 4.69) is 4.98 Å². The van der Waals surface area contributed by atoms with Gasteiger partial charge in [0.05, 0.1) is 11.9 Å². The molecule has 1 heterocycles. The topological polar surface area (TPSA) is 42.1 Å². The number of benzene rings is 1. The van der Waals surface area contributed by atoms with E-state index in [-0.39, 0.29) is 5.11 Å². The molecule has 0 fully saturated rings. The Balaban J connectivity index is 2.47. The van der Waals surface area contributed by atoms with Crippen molar-refractivity contribution in [2.24, 2.45) is 5.73 Å². The lowest BCUT2D eigenvalue weighted by Gasteiger charge is -2.22. The highest BCUT2D eigenvalue weighted by Gasteiger charge is 2.12. The summed E-state index contributed by atoms with van der Waals surface area (Å²) in [5, 5.41) is 0.882. The Morgan fingerprint density at radius 1 is 1.24 bits per heavy atom. The maximum Gasteiger partial charge on any atom is 0.175 e. The van der Waals surface area contributed by atoms with Crippen LogP contribution in [0.25, 0.3) is 0 Å². The summed E-state index contributed by atoms with van der Waals surface area (Å²) in [6.07, 6.45) is 3.39. The fourth-order valence-electron chi connectivity index (χ4n) is 1.50. The first-order valence-corrected chi connectivity index (χ1v) is 5.72. The van der Waals surface area contributed by atoms with Crippen molar-refractivity contribution in [3.8, 4) is 0 Å². The minimum atomic E-state index is 0.250. The Bertz CT molecular complexity index is 530. The van der Waals surface area contributed by atoms with Crippen molar-refractivity contribution in [1.82, 2.24) is 4.98 Å². The Kier molecular flexibility index (Phi) is 3.56. The molecule has 0 saturated heterocycles. The van der Waals surface area contributed by atoms with Crippen molar-refractivity contribution in [2.75, 3.05) is 4.90 Å². The number of anilines is 2. The van der Waals surface area contributed by atoms with Gasteiger partial charge in [0.25, 0.3) is 0 Å². The maximum absolute atomic E-state index is 5.95. The summed E-state index contributed by atoms with van der Waals surface area (Å²) in [6, 6.07) is 11.0. The molecule has 3 nitrogen and oxygen atoms in total. The molecule has 2 aromatic rings. The average molecular weight is 264 g/mol. The van der Waals surface area contributed by atoms with Crippen LogP contribution >= 0.6 is 23.8 Å². The highest BCUT2D eigenvalue weighted by molar-refractivity contribution is 7.80. The lowest BCUT2D eigenvalue weighted by atomic mass is 10.2. The first-order chi connectivity index (χ1) is 8.18. The Labute approximate surface area is 110 Å². The van der Waals surface area contributed by atoms with Crippen molar-refractivity contribution >= 4 is 40.3 Å². The maximum atomic E-state index is 5.95. The SMILES string of the molecule is NC(=S)N(c1cccnc1)c1cccc(Cl)c1. The van der Waals surface area contributed by atoms with Gasteiger partial charge in [-0.05, 0) is 42.5 Å². The highest BCUT2D eigenvalue weighted by atomic mass is 35.5. The third kappa shape index (κ3) is 2.72. The van der Waals surface area contributed by atoms with Crippen LogP contribution in [-0.4, -0.2) is 10.1 Å². The lowest BCUT2D eigenvalue weighted by molar-refractivity contribution is 1.26. The van der Waals surface area contributed by atoms with Crippen LogP contribution in [0.2, 0.25) is 5.02 Å². The van der Waals surface area contributed by atoms with Crippen LogP contribution in [0.5, 0.6) is 0 Å². The summed E-state index contributed by atoms with van der Waals surface area (Å²) >= 11 is 11.0. The molecule has 0 unspecified atom stereocenters. The van der Waals surface area contributed by atoms with Gasteiger partial charge in [-0.2, -0.15) is 0 Å². The molecule has 2 rings (SSSR count). The van der Waals surface area contributed by atoms with E-state index in [1.54, 1.807) is 29.4 Å². The normalized spacial score (nSPS) is 9.94. The summed E-state index contributed by atoms with van der Waals surface area (Å²) in [6.45, 7) is 0. The number of hydrogen-bond donors (Lipinski definition) is 1. The predicted octanol–water partition coefficient (Wildman–Crippen LogP) is 3.12. The molecule has 2 N–H and O–H groups in total. The van der Waals surface area contributed by atoms with Crippen molar-refractivity contribution in [3.63, 3.8) is 0 Å². The van der Waals surface area contributed by atoms with Crippen LogP contribution in [0.4, 0.5) is 11.4 Å². The van der Waals surface area contributed by atoms with Crippen LogP contribution in [-0.2, 0) is 0 Å². The number of aromatic nitrogens is 1. The minimum absolute atomic E-state index is 0.250. The minimum Gasteiger partial charge on any atom is -0.376 e. The summed E-state index contributed by atoms with van der Waals surface area (Å²) in [5.41, 5.74) is 7.36. The molecule has 0 aliphatic heterocycles. The van der Waals surface area contributed by atoms with Crippen LogP contribution in [0.1, 0.15) is 0 Å². The van der Waals surface area contributed by atoms with Gasteiger partial charge in [-0.3, -0.25) is 9.88 Å². The quantitative estimate of drug-likeness (QED) is 0.846. The zero-order chi connectivity index (χ0) is 12.3. The molecule has 0 aliphatic rings. The van der Waals surface area contributed by atoms with E-state index in [0.29, 0.717) is 5.02 Å². The molecule has 86 valence electrons. The number of halogens is 1. The monoisotopic (exact) mass is 263 g/mol. The molecule has 0 amide bonds. The molecular weight excluding hydrogens is 254 g/mol. The Morgan fingerprint density at radius 3 is 2.59 bits per heavy atom. The molecular formula is C12H10ClN3S. The molecule has 17 heavy (non-hydrogen) atoms. The van der Waals surface area contributed by atoms with Crippen molar-refractivity contribution in [1.29, 1.82) is 0 Å². The molecule has 0 aliphatic carbocycles. The number of hydrogen-bond acceptors (Lipinski definition) is 2. The Hall–Kier alpha value is -1.65. The van der Waals surface area contributed by atoms with Crippen molar-refractivity contribution < 1.29 is 0 Å². The largest absolute Gasteiger partial charge is 0.376 e. The molecule has 0 bridgehead atoms.